The Bertz CT molecular complexity index is 824. The number of rotatable bonds is 4. The van der Waals surface area contributed by atoms with Crippen molar-refractivity contribution < 1.29 is 23.9 Å². The van der Waals surface area contributed by atoms with Crippen molar-refractivity contribution in [2.24, 2.45) is 0 Å². The summed E-state index contributed by atoms with van der Waals surface area (Å²) in [6, 6.07) is 5.39. The van der Waals surface area contributed by atoms with Crippen LogP contribution in [0.4, 0.5) is 0 Å². The van der Waals surface area contributed by atoms with Crippen molar-refractivity contribution in [1.29, 1.82) is 0 Å². The zero-order chi connectivity index (χ0) is 18.7. The van der Waals surface area contributed by atoms with E-state index in [0.717, 1.165) is 5.56 Å². The lowest BCUT2D eigenvalue weighted by atomic mass is 10.2. The fourth-order valence-corrected chi connectivity index (χ4v) is 3.59. The molecule has 0 atom stereocenters. The van der Waals surface area contributed by atoms with Crippen molar-refractivity contribution in [1.82, 2.24) is 15.8 Å². The smallest absolute Gasteiger partial charge is 0.266 e. The number of nitrogens with zero attached hydrogens (tertiary/aromatic N) is 1. The van der Waals surface area contributed by atoms with Crippen molar-refractivity contribution in [3.8, 4) is 11.5 Å². The summed E-state index contributed by atoms with van der Waals surface area (Å²) in [4.78, 5) is 36.8. The van der Waals surface area contributed by atoms with E-state index in [9.17, 15) is 14.4 Å². The van der Waals surface area contributed by atoms with Crippen molar-refractivity contribution in [3.05, 3.63) is 28.7 Å². The highest BCUT2D eigenvalue weighted by atomic mass is 32.2. The molecular weight excluding hydrogens is 378 g/mol. The SMILES string of the molecule is CC(=O)NNC(=O)CCN1C(=O)/C(=C/c2ccc3c(c2)OCO3)SC1=S. The van der Waals surface area contributed by atoms with Gasteiger partial charge in [0, 0.05) is 19.9 Å². The van der Waals surface area contributed by atoms with Gasteiger partial charge in [0.2, 0.25) is 18.6 Å². The van der Waals surface area contributed by atoms with Crippen LogP contribution in [0.15, 0.2) is 23.1 Å². The van der Waals surface area contributed by atoms with Gasteiger partial charge in [0.05, 0.1) is 4.91 Å². The molecule has 3 amide bonds. The maximum atomic E-state index is 12.5. The number of thiocarbonyl (C=S) groups is 1. The van der Waals surface area contributed by atoms with Gasteiger partial charge in [-0.25, -0.2) is 0 Å². The van der Waals surface area contributed by atoms with Crippen LogP contribution < -0.4 is 20.3 Å². The van der Waals surface area contributed by atoms with Crippen molar-refractivity contribution in [3.63, 3.8) is 0 Å². The van der Waals surface area contributed by atoms with E-state index >= 15 is 0 Å². The normalized spacial score (nSPS) is 17.0. The Morgan fingerprint density at radius 1 is 1.31 bits per heavy atom. The first-order valence-corrected chi connectivity index (χ1v) is 8.87. The first-order chi connectivity index (χ1) is 12.4. The lowest BCUT2D eigenvalue weighted by Crippen LogP contribution is -2.42. The molecule has 2 N–H and O–H groups in total. The lowest BCUT2D eigenvalue weighted by molar-refractivity contribution is -0.128. The minimum absolute atomic E-state index is 0.0179. The lowest BCUT2D eigenvalue weighted by Gasteiger charge is -2.14. The molecule has 0 radical (unpaired) electrons. The summed E-state index contributed by atoms with van der Waals surface area (Å²) in [6.45, 7) is 1.60. The third-order valence-corrected chi connectivity index (χ3v) is 4.89. The van der Waals surface area contributed by atoms with Crippen molar-refractivity contribution in [2.75, 3.05) is 13.3 Å². The Hall–Kier alpha value is -2.59. The Morgan fingerprint density at radius 3 is 2.85 bits per heavy atom. The number of thioether (sulfide) groups is 1. The molecule has 0 unspecified atom stereocenters. The van der Waals surface area contributed by atoms with Crippen molar-refractivity contribution in [2.45, 2.75) is 13.3 Å². The van der Waals surface area contributed by atoms with Crippen LogP contribution in [0, 0.1) is 0 Å². The second-order valence-electron chi connectivity index (χ2n) is 5.43. The topological polar surface area (TPSA) is 97.0 Å². The zero-order valence-corrected chi connectivity index (χ0v) is 15.4. The molecule has 1 saturated heterocycles. The number of fused-ring (bicyclic) bond motifs is 1. The van der Waals surface area contributed by atoms with E-state index in [4.69, 9.17) is 21.7 Å². The van der Waals surface area contributed by atoms with Crippen LogP contribution in [0.2, 0.25) is 0 Å². The van der Waals surface area contributed by atoms with Crippen LogP contribution in [-0.4, -0.2) is 40.3 Å². The molecule has 1 fully saturated rings. The van der Waals surface area contributed by atoms with Crippen LogP contribution in [0.5, 0.6) is 11.5 Å². The third-order valence-electron chi connectivity index (χ3n) is 3.51. The molecule has 1 aromatic carbocycles. The predicted molar refractivity (Wildman–Crippen MR) is 99.0 cm³/mol. The van der Waals surface area contributed by atoms with Crippen molar-refractivity contribution >= 4 is 52.1 Å². The van der Waals surface area contributed by atoms with E-state index in [-0.39, 0.29) is 31.6 Å². The van der Waals surface area contributed by atoms with Crippen LogP contribution in [-0.2, 0) is 14.4 Å². The molecule has 10 heteroatoms. The van der Waals surface area contributed by atoms with Gasteiger partial charge in [-0.1, -0.05) is 30.0 Å². The highest BCUT2D eigenvalue weighted by Crippen LogP contribution is 2.36. The Labute approximate surface area is 158 Å². The zero-order valence-electron chi connectivity index (χ0n) is 13.7. The molecule has 3 rings (SSSR count). The minimum Gasteiger partial charge on any atom is -0.454 e. The molecule has 1 aromatic rings. The highest BCUT2D eigenvalue weighted by Gasteiger charge is 2.32. The number of hydrogen-bond acceptors (Lipinski definition) is 7. The fourth-order valence-electron chi connectivity index (χ4n) is 2.28. The number of nitrogens with one attached hydrogen (secondary N) is 2. The summed E-state index contributed by atoms with van der Waals surface area (Å²) in [6.07, 6.45) is 1.74. The molecule has 2 heterocycles. The van der Waals surface area contributed by atoms with Crippen LogP contribution in [0.1, 0.15) is 18.9 Å². The number of carbonyl (C=O) groups excluding carboxylic acids is 3. The molecule has 26 heavy (non-hydrogen) atoms. The molecule has 0 bridgehead atoms. The summed E-state index contributed by atoms with van der Waals surface area (Å²) in [5.74, 6) is 0.248. The van der Waals surface area contributed by atoms with E-state index < -0.39 is 5.91 Å². The summed E-state index contributed by atoms with van der Waals surface area (Å²) in [5, 5.41) is 0. The van der Waals surface area contributed by atoms with Gasteiger partial charge in [-0.05, 0) is 23.8 Å². The number of hydrogen-bond donors (Lipinski definition) is 2. The monoisotopic (exact) mass is 393 g/mol. The first-order valence-electron chi connectivity index (χ1n) is 7.64. The number of amides is 3. The second-order valence-corrected chi connectivity index (χ2v) is 7.10. The molecule has 0 aliphatic carbocycles. The van der Waals surface area contributed by atoms with Gasteiger partial charge in [0.1, 0.15) is 4.32 Å². The van der Waals surface area contributed by atoms with Gasteiger partial charge >= 0.3 is 0 Å². The standard InChI is InChI=1S/C16H15N3O5S2/c1-9(20)17-18-14(21)4-5-19-15(22)13(26-16(19)25)7-10-2-3-11-12(6-10)24-8-23-11/h2-3,6-7H,4-5,8H2,1H3,(H,17,20)(H,18,21)/b13-7-. The van der Waals surface area contributed by atoms with Gasteiger partial charge in [0.25, 0.3) is 5.91 Å². The Kier molecular flexibility index (Phi) is 5.43. The molecule has 0 spiro atoms. The van der Waals surface area contributed by atoms with Gasteiger partial charge in [-0.3, -0.25) is 30.1 Å². The molecule has 2 aliphatic rings. The number of hydrazine groups is 1. The highest BCUT2D eigenvalue weighted by molar-refractivity contribution is 8.26. The predicted octanol–water partition coefficient (Wildman–Crippen LogP) is 1.17. The van der Waals surface area contributed by atoms with E-state index in [1.807, 2.05) is 6.07 Å². The van der Waals surface area contributed by atoms with Gasteiger partial charge in [-0.15, -0.1) is 0 Å². The molecular formula is C16H15N3O5S2. The minimum atomic E-state index is -0.408. The van der Waals surface area contributed by atoms with E-state index in [1.165, 1.54) is 23.6 Å². The average Bonchev–Trinajstić information content (AvgIpc) is 3.16. The van der Waals surface area contributed by atoms with E-state index in [2.05, 4.69) is 10.9 Å². The van der Waals surface area contributed by atoms with Gasteiger partial charge < -0.3 is 9.47 Å². The average molecular weight is 393 g/mol. The van der Waals surface area contributed by atoms with Gasteiger partial charge in [0.15, 0.2) is 11.5 Å². The number of benzene rings is 1. The Morgan fingerprint density at radius 2 is 2.08 bits per heavy atom. The van der Waals surface area contributed by atoms with Crippen LogP contribution in [0.3, 0.4) is 0 Å². The second kappa shape index (κ2) is 7.75. The maximum Gasteiger partial charge on any atom is 0.266 e. The Balaban J connectivity index is 1.63. The summed E-state index contributed by atoms with van der Waals surface area (Å²) < 4.78 is 11.0. The third kappa shape index (κ3) is 4.14. The number of ether oxygens (including phenoxy) is 2. The van der Waals surface area contributed by atoms with Crippen LogP contribution in [0.25, 0.3) is 6.08 Å². The largest absolute Gasteiger partial charge is 0.454 e. The van der Waals surface area contributed by atoms with Crippen LogP contribution >= 0.6 is 24.0 Å². The number of carbonyl (C=O) groups is 3. The summed E-state index contributed by atoms with van der Waals surface area (Å²) in [5.41, 5.74) is 5.23. The molecule has 0 saturated carbocycles. The molecule has 136 valence electrons. The van der Waals surface area contributed by atoms with Gasteiger partial charge in [-0.2, -0.15) is 0 Å². The molecule has 2 aliphatic heterocycles. The molecule has 8 nitrogen and oxygen atoms in total. The fraction of sp³-hybridized carbons (Fsp3) is 0.250. The van der Waals surface area contributed by atoms with E-state index in [0.29, 0.717) is 20.7 Å². The quantitative estimate of drug-likeness (QED) is 0.450. The summed E-state index contributed by atoms with van der Waals surface area (Å²) in [7, 11) is 0. The first kappa shape index (κ1) is 18.2. The summed E-state index contributed by atoms with van der Waals surface area (Å²) >= 11 is 6.40. The maximum absolute atomic E-state index is 12.5. The molecule has 0 aromatic heterocycles. The van der Waals surface area contributed by atoms with E-state index in [1.54, 1.807) is 18.2 Å².